The topological polar surface area (TPSA) is 107 Å². The highest BCUT2D eigenvalue weighted by molar-refractivity contribution is 6.01. The lowest BCUT2D eigenvalue weighted by molar-refractivity contribution is -0.203. The molecule has 7 heteroatoms. The Kier molecular flexibility index (Phi) is 3.77. The van der Waals surface area contributed by atoms with Crippen LogP contribution in [0.5, 0.6) is 0 Å². The van der Waals surface area contributed by atoms with Crippen LogP contribution in [0.25, 0.3) is 0 Å². The molecule has 1 radical (unpaired) electrons. The van der Waals surface area contributed by atoms with Gasteiger partial charge in [0.15, 0.2) is 5.78 Å². The molecule has 2 rings (SSSR count). The van der Waals surface area contributed by atoms with E-state index in [2.05, 4.69) is 6.92 Å². The van der Waals surface area contributed by atoms with E-state index in [-0.39, 0.29) is 31.5 Å². The van der Waals surface area contributed by atoms with Crippen LogP contribution in [-0.2, 0) is 24.0 Å². The highest BCUT2D eigenvalue weighted by atomic mass is 16.7. The quantitative estimate of drug-likeness (QED) is 0.515. The minimum Gasteiger partial charge on any atom is -0.321 e. The number of Topliss-reactive ketones (excluding diaryl/α,β-unsaturated/α-hetero) is 2. The summed E-state index contributed by atoms with van der Waals surface area (Å²) in [5.74, 6) is -2.59. The molecule has 3 atom stereocenters. The number of carbonyl (C=O) groups is 4. The van der Waals surface area contributed by atoms with E-state index in [4.69, 9.17) is 10.6 Å². The standard InChI is InChI=1S/C12H15N2O5/c1-6-11(13)7(15)2-3-8(12(6)18)19-14-9(16)4-5-10(14)17/h6,8,11H,1-5,13H2. The van der Waals surface area contributed by atoms with Gasteiger partial charge in [-0.2, -0.15) is 5.06 Å². The Bertz CT molecular complexity index is 431. The van der Waals surface area contributed by atoms with Gasteiger partial charge in [-0.15, -0.1) is 0 Å². The number of nitrogens with two attached hydrogens (primary N) is 1. The van der Waals surface area contributed by atoms with Crippen molar-refractivity contribution in [3.05, 3.63) is 6.92 Å². The Balaban J connectivity index is 2.11. The van der Waals surface area contributed by atoms with Crippen LogP contribution in [0.2, 0.25) is 0 Å². The van der Waals surface area contributed by atoms with Crippen LogP contribution in [0.1, 0.15) is 25.7 Å². The van der Waals surface area contributed by atoms with E-state index in [9.17, 15) is 19.2 Å². The van der Waals surface area contributed by atoms with Crippen molar-refractivity contribution in [3.8, 4) is 0 Å². The third-order valence-corrected chi connectivity index (χ3v) is 3.38. The summed E-state index contributed by atoms with van der Waals surface area (Å²) in [5.41, 5.74) is 5.60. The highest BCUT2D eigenvalue weighted by Gasteiger charge is 2.40. The number of nitrogens with zero attached hydrogens (tertiary/aromatic N) is 1. The Morgan fingerprint density at radius 2 is 1.68 bits per heavy atom. The maximum absolute atomic E-state index is 12.0. The highest BCUT2D eigenvalue weighted by Crippen LogP contribution is 2.22. The zero-order valence-electron chi connectivity index (χ0n) is 10.3. The summed E-state index contributed by atoms with van der Waals surface area (Å²) in [6.07, 6.45) is -0.697. The molecule has 3 unspecified atom stereocenters. The molecular weight excluding hydrogens is 252 g/mol. The summed E-state index contributed by atoms with van der Waals surface area (Å²) in [6, 6.07) is -0.953. The Morgan fingerprint density at radius 3 is 2.26 bits per heavy atom. The average Bonchev–Trinajstić information content (AvgIpc) is 2.67. The van der Waals surface area contributed by atoms with Gasteiger partial charge in [-0.25, -0.2) is 0 Å². The van der Waals surface area contributed by atoms with Gasteiger partial charge in [0.25, 0.3) is 11.8 Å². The summed E-state index contributed by atoms with van der Waals surface area (Å²) in [6.45, 7) is 3.57. The number of carbonyl (C=O) groups excluding carboxylic acids is 4. The van der Waals surface area contributed by atoms with Gasteiger partial charge in [0.1, 0.15) is 11.9 Å². The zero-order valence-corrected chi connectivity index (χ0v) is 10.3. The molecule has 103 valence electrons. The summed E-state index contributed by atoms with van der Waals surface area (Å²) < 4.78 is 0. The van der Waals surface area contributed by atoms with Gasteiger partial charge in [0.2, 0.25) is 0 Å². The van der Waals surface area contributed by atoms with E-state index in [0.717, 1.165) is 0 Å². The number of ketones is 2. The van der Waals surface area contributed by atoms with Crippen molar-refractivity contribution in [2.75, 3.05) is 0 Å². The van der Waals surface area contributed by atoms with Gasteiger partial charge in [-0.1, -0.05) is 0 Å². The minimum atomic E-state index is -1.02. The maximum atomic E-state index is 12.0. The minimum absolute atomic E-state index is 0.0693. The lowest BCUT2D eigenvalue weighted by atomic mass is 9.95. The van der Waals surface area contributed by atoms with E-state index >= 15 is 0 Å². The fourth-order valence-corrected chi connectivity index (χ4v) is 2.13. The van der Waals surface area contributed by atoms with Gasteiger partial charge in [0, 0.05) is 25.2 Å². The van der Waals surface area contributed by atoms with Gasteiger partial charge in [-0.05, 0) is 13.3 Å². The Hall–Kier alpha value is -1.60. The molecule has 19 heavy (non-hydrogen) atoms. The van der Waals surface area contributed by atoms with Crippen molar-refractivity contribution >= 4 is 23.4 Å². The Morgan fingerprint density at radius 1 is 1.11 bits per heavy atom. The van der Waals surface area contributed by atoms with Crippen molar-refractivity contribution < 1.29 is 24.0 Å². The predicted octanol–water partition coefficient (Wildman–Crippen LogP) is -0.855. The van der Waals surface area contributed by atoms with Gasteiger partial charge < -0.3 is 5.73 Å². The van der Waals surface area contributed by atoms with Crippen LogP contribution < -0.4 is 5.73 Å². The first kappa shape index (κ1) is 13.8. The number of rotatable bonds is 2. The molecule has 2 aliphatic rings. The normalized spacial score (nSPS) is 32.9. The lowest BCUT2D eigenvalue weighted by Crippen LogP contribution is -2.43. The molecule has 0 bridgehead atoms. The molecule has 1 aliphatic carbocycles. The second-order valence-electron chi connectivity index (χ2n) is 4.72. The van der Waals surface area contributed by atoms with Crippen molar-refractivity contribution in [3.63, 3.8) is 0 Å². The summed E-state index contributed by atoms with van der Waals surface area (Å²) in [4.78, 5) is 51.6. The van der Waals surface area contributed by atoms with Crippen LogP contribution in [0.4, 0.5) is 0 Å². The van der Waals surface area contributed by atoms with Crippen LogP contribution >= 0.6 is 0 Å². The van der Waals surface area contributed by atoms with Crippen LogP contribution in [0.3, 0.4) is 0 Å². The molecule has 1 saturated carbocycles. The van der Waals surface area contributed by atoms with Crippen LogP contribution in [0.15, 0.2) is 0 Å². The number of hydrogen-bond acceptors (Lipinski definition) is 6. The van der Waals surface area contributed by atoms with E-state index < -0.39 is 35.7 Å². The molecule has 1 heterocycles. The molecule has 2 N–H and O–H groups in total. The molecular formula is C12H15N2O5. The maximum Gasteiger partial charge on any atom is 0.254 e. The molecule has 0 spiro atoms. The van der Waals surface area contributed by atoms with E-state index in [0.29, 0.717) is 5.06 Å². The number of amides is 2. The average molecular weight is 267 g/mol. The molecule has 0 aromatic heterocycles. The molecule has 0 aromatic rings. The molecule has 7 nitrogen and oxygen atoms in total. The van der Waals surface area contributed by atoms with Gasteiger partial charge in [0.05, 0.1) is 6.04 Å². The summed E-state index contributed by atoms with van der Waals surface area (Å²) in [7, 11) is 0. The molecule has 2 amide bonds. The van der Waals surface area contributed by atoms with Crippen molar-refractivity contribution in [2.24, 2.45) is 11.7 Å². The Labute approximate surface area is 110 Å². The summed E-state index contributed by atoms with van der Waals surface area (Å²) >= 11 is 0. The monoisotopic (exact) mass is 267 g/mol. The summed E-state index contributed by atoms with van der Waals surface area (Å²) in [5, 5.41) is 0.622. The van der Waals surface area contributed by atoms with Gasteiger partial charge in [-0.3, -0.25) is 24.0 Å². The molecule has 2 fully saturated rings. The fraction of sp³-hybridized carbons (Fsp3) is 0.583. The molecule has 0 aromatic carbocycles. The zero-order chi connectivity index (χ0) is 14.2. The van der Waals surface area contributed by atoms with Crippen molar-refractivity contribution in [2.45, 2.75) is 37.8 Å². The third-order valence-electron chi connectivity index (χ3n) is 3.38. The first-order chi connectivity index (χ1) is 8.91. The third kappa shape index (κ3) is 2.57. The van der Waals surface area contributed by atoms with E-state index in [1.807, 2.05) is 0 Å². The second kappa shape index (κ2) is 5.18. The van der Waals surface area contributed by atoms with Crippen molar-refractivity contribution in [1.29, 1.82) is 0 Å². The van der Waals surface area contributed by atoms with E-state index in [1.54, 1.807) is 0 Å². The first-order valence-corrected chi connectivity index (χ1v) is 6.09. The van der Waals surface area contributed by atoms with Crippen molar-refractivity contribution in [1.82, 2.24) is 5.06 Å². The number of imide groups is 1. The second-order valence-corrected chi connectivity index (χ2v) is 4.72. The predicted molar refractivity (Wildman–Crippen MR) is 62.0 cm³/mol. The van der Waals surface area contributed by atoms with Crippen LogP contribution in [-0.4, -0.2) is 40.6 Å². The number of hydroxylamine groups is 2. The number of hydrogen-bond donors (Lipinski definition) is 1. The first-order valence-electron chi connectivity index (χ1n) is 6.09. The molecule has 1 aliphatic heterocycles. The van der Waals surface area contributed by atoms with Crippen LogP contribution in [0, 0.1) is 12.8 Å². The fourth-order valence-electron chi connectivity index (χ4n) is 2.13. The van der Waals surface area contributed by atoms with E-state index in [1.165, 1.54) is 0 Å². The lowest BCUT2D eigenvalue weighted by Gasteiger charge is -2.22. The SMILES string of the molecule is [CH2]C1C(=O)C(ON2C(=O)CCC2=O)CCC(=O)C1N. The largest absolute Gasteiger partial charge is 0.321 e. The smallest absolute Gasteiger partial charge is 0.254 e. The van der Waals surface area contributed by atoms with Gasteiger partial charge >= 0.3 is 0 Å². The molecule has 1 saturated heterocycles.